The lowest BCUT2D eigenvalue weighted by molar-refractivity contribution is -0.150. The van der Waals surface area contributed by atoms with Gasteiger partial charge in [-0.25, -0.2) is 0 Å². The summed E-state index contributed by atoms with van der Waals surface area (Å²) in [4.78, 5) is 13.2. The van der Waals surface area contributed by atoms with Gasteiger partial charge in [-0.05, 0) is 41.0 Å². The molecule has 9 heteroatoms. The van der Waals surface area contributed by atoms with Crippen LogP contribution in [0.25, 0.3) is 0 Å². The highest BCUT2D eigenvalue weighted by atomic mass is 16.7. The molecule has 0 bridgehead atoms. The summed E-state index contributed by atoms with van der Waals surface area (Å²) in [6.45, 7) is 0.116. The normalized spacial score (nSPS) is 26.9. The second kappa shape index (κ2) is 8.31. The summed E-state index contributed by atoms with van der Waals surface area (Å²) in [7, 11) is 5.99. The zero-order valence-corrected chi connectivity index (χ0v) is 18.8. The van der Waals surface area contributed by atoms with E-state index >= 15 is 0 Å². The Balaban J connectivity index is 1.76. The molecule has 0 saturated carbocycles. The van der Waals surface area contributed by atoms with E-state index in [0.717, 1.165) is 16.7 Å². The highest BCUT2D eigenvalue weighted by molar-refractivity contribution is 5.77. The number of carbonyl (C=O) groups excluding carboxylic acids is 1. The first-order chi connectivity index (χ1) is 16.0. The molecule has 1 N–H and O–H groups in total. The Morgan fingerprint density at radius 3 is 2.15 bits per heavy atom. The smallest absolute Gasteiger partial charge is 0.310 e. The molecular weight excluding hydrogens is 432 g/mol. The number of hydrogen-bond donors (Lipinski definition) is 1. The van der Waals surface area contributed by atoms with Crippen molar-refractivity contribution in [1.29, 1.82) is 0 Å². The molecule has 1 aliphatic carbocycles. The number of carbonyl (C=O) groups is 1. The molecule has 3 aliphatic rings. The van der Waals surface area contributed by atoms with Crippen LogP contribution in [0.4, 0.5) is 0 Å². The second-order valence-corrected chi connectivity index (χ2v) is 8.23. The number of aliphatic hydroxyl groups is 1. The van der Waals surface area contributed by atoms with Gasteiger partial charge >= 0.3 is 5.97 Å². The molecule has 2 aliphatic heterocycles. The first-order valence-electron chi connectivity index (χ1n) is 10.6. The summed E-state index contributed by atoms with van der Waals surface area (Å²) < 4.78 is 38.9. The van der Waals surface area contributed by atoms with Crippen LogP contribution in [0.2, 0.25) is 0 Å². The van der Waals surface area contributed by atoms with Crippen molar-refractivity contribution < 1.29 is 43.1 Å². The Hall–Kier alpha value is -3.17. The van der Waals surface area contributed by atoms with E-state index in [0.29, 0.717) is 35.2 Å². The number of rotatable bonds is 5. The number of methoxy groups -OCH3 is 4. The van der Waals surface area contributed by atoms with Crippen molar-refractivity contribution in [1.82, 2.24) is 0 Å². The highest BCUT2D eigenvalue weighted by Gasteiger charge is 2.53. The van der Waals surface area contributed by atoms with Crippen molar-refractivity contribution in [2.24, 2.45) is 11.8 Å². The maximum absolute atomic E-state index is 13.2. The summed E-state index contributed by atoms with van der Waals surface area (Å²) in [6.07, 6.45) is -1.16. The predicted octanol–water partition coefficient (Wildman–Crippen LogP) is 2.77. The lowest BCUT2D eigenvalue weighted by Gasteiger charge is -2.39. The fourth-order valence-electron chi connectivity index (χ4n) is 5.37. The lowest BCUT2D eigenvalue weighted by Crippen LogP contribution is -2.37. The van der Waals surface area contributed by atoms with Crippen LogP contribution in [0.5, 0.6) is 28.7 Å². The number of benzene rings is 2. The van der Waals surface area contributed by atoms with Crippen LogP contribution in [0, 0.1) is 11.8 Å². The van der Waals surface area contributed by atoms with E-state index in [2.05, 4.69) is 0 Å². The number of hydrogen-bond acceptors (Lipinski definition) is 9. The summed E-state index contributed by atoms with van der Waals surface area (Å²) in [5, 5.41) is 10.4. The average molecular weight is 458 g/mol. The van der Waals surface area contributed by atoms with Crippen molar-refractivity contribution in [3.63, 3.8) is 0 Å². The molecule has 5 atom stereocenters. The van der Waals surface area contributed by atoms with E-state index in [1.165, 1.54) is 14.2 Å². The molecule has 0 amide bonds. The van der Waals surface area contributed by atoms with Crippen LogP contribution < -0.4 is 23.7 Å². The van der Waals surface area contributed by atoms with E-state index in [1.54, 1.807) is 14.2 Å². The van der Waals surface area contributed by atoms with Gasteiger partial charge in [-0.3, -0.25) is 4.79 Å². The van der Waals surface area contributed by atoms with Gasteiger partial charge < -0.3 is 38.3 Å². The van der Waals surface area contributed by atoms with Gasteiger partial charge in [-0.2, -0.15) is 0 Å². The van der Waals surface area contributed by atoms with Crippen LogP contribution in [0.1, 0.15) is 35.1 Å². The summed E-state index contributed by atoms with van der Waals surface area (Å²) in [5.74, 6) is 0.861. The van der Waals surface area contributed by atoms with E-state index in [4.69, 9.17) is 33.2 Å². The second-order valence-electron chi connectivity index (χ2n) is 8.23. The summed E-state index contributed by atoms with van der Waals surface area (Å²) in [6, 6.07) is 7.43. The van der Waals surface area contributed by atoms with Crippen LogP contribution in [-0.4, -0.2) is 52.6 Å². The van der Waals surface area contributed by atoms with Crippen molar-refractivity contribution in [3.05, 3.63) is 41.0 Å². The van der Waals surface area contributed by atoms with Gasteiger partial charge in [0.1, 0.15) is 0 Å². The predicted molar refractivity (Wildman–Crippen MR) is 114 cm³/mol. The zero-order chi connectivity index (χ0) is 23.3. The molecule has 2 aromatic carbocycles. The van der Waals surface area contributed by atoms with E-state index < -0.39 is 24.2 Å². The van der Waals surface area contributed by atoms with Gasteiger partial charge in [-0.15, -0.1) is 0 Å². The summed E-state index contributed by atoms with van der Waals surface area (Å²) in [5.41, 5.74) is 2.46. The zero-order valence-electron chi connectivity index (χ0n) is 18.8. The fourth-order valence-corrected chi connectivity index (χ4v) is 5.37. The number of esters is 1. The Morgan fingerprint density at radius 2 is 1.58 bits per heavy atom. The molecule has 176 valence electrons. The molecular formula is C24H26O9. The highest BCUT2D eigenvalue weighted by Crippen LogP contribution is 2.58. The minimum Gasteiger partial charge on any atom is -0.493 e. The van der Waals surface area contributed by atoms with E-state index in [9.17, 15) is 9.90 Å². The molecule has 9 nitrogen and oxygen atoms in total. The van der Waals surface area contributed by atoms with Crippen LogP contribution in [0.3, 0.4) is 0 Å². The molecule has 5 rings (SSSR count). The molecule has 0 radical (unpaired) electrons. The standard InChI is InChI=1S/C24H26O9/c1-27-17-5-11(6-18(28-2)23(17)29-3)20-12-7-15-16(32-10-31-15)8-13(12)22-14(9-19(25)33-22)21(20)24(26)30-4/h5-8,14,19-22,25H,9-10H2,1-4H3/t14-,19?,20+,21+,22+/m0/s1. The van der Waals surface area contributed by atoms with Crippen molar-refractivity contribution in [3.8, 4) is 28.7 Å². The quantitative estimate of drug-likeness (QED) is 0.678. The van der Waals surface area contributed by atoms with E-state index in [-0.39, 0.29) is 18.7 Å². The molecule has 1 fully saturated rings. The minimum atomic E-state index is -0.982. The number of ether oxygens (including phenoxy) is 7. The topological polar surface area (TPSA) is 102 Å². The SMILES string of the molecule is COC(=O)[C@H]1[C@H](c2cc(OC)c(OC)c(OC)c2)c2cc3c(cc2[C@H]2OC(O)C[C@@H]12)OCO3. The Kier molecular flexibility index (Phi) is 5.46. The largest absolute Gasteiger partial charge is 0.493 e. The van der Waals surface area contributed by atoms with Crippen molar-refractivity contribution >= 4 is 5.97 Å². The monoisotopic (exact) mass is 458 g/mol. The third-order valence-corrected chi connectivity index (χ3v) is 6.73. The number of fused-ring (bicyclic) bond motifs is 4. The maximum Gasteiger partial charge on any atom is 0.310 e. The lowest BCUT2D eigenvalue weighted by atomic mass is 9.65. The van der Waals surface area contributed by atoms with E-state index in [1.807, 2.05) is 24.3 Å². The average Bonchev–Trinajstić information content (AvgIpc) is 3.45. The molecule has 0 aromatic heterocycles. The fraction of sp³-hybridized carbons (Fsp3) is 0.458. The minimum absolute atomic E-state index is 0.116. The first-order valence-corrected chi connectivity index (χ1v) is 10.6. The first kappa shape index (κ1) is 21.7. The van der Waals surface area contributed by atoms with Gasteiger partial charge in [0.2, 0.25) is 12.5 Å². The van der Waals surface area contributed by atoms with Gasteiger partial charge in [-0.1, -0.05) is 0 Å². The Morgan fingerprint density at radius 1 is 0.939 bits per heavy atom. The van der Waals surface area contributed by atoms with Gasteiger partial charge in [0.15, 0.2) is 29.3 Å². The molecule has 2 aromatic rings. The van der Waals surface area contributed by atoms with Gasteiger partial charge in [0.25, 0.3) is 0 Å². The third-order valence-electron chi connectivity index (χ3n) is 6.73. The summed E-state index contributed by atoms with van der Waals surface area (Å²) >= 11 is 0. The van der Waals surface area contributed by atoms with Crippen molar-refractivity contribution in [2.45, 2.75) is 24.7 Å². The van der Waals surface area contributed by atoms with Crippen molar-refractivity contribution in [2.75, 3.05) is 35.2 Å². The molecule has 0 spiro atoms. The van der Waals surface area contributed by atoms with Gasteiger partial charge in [0, 0.05) is 18.3 Å². The molecule has 1 saturated heterocycles. The Labute approximate surface area is 191 Å². The third kappa shape index (κ3) is 3.34. The molecule has 1 unspecified atom stereocenters. The van der Waals surface area contributed by atoms with Crippen LogP contribution in [0.15, 0.2) is 24.3 Å². The molecule has 33 heavy (non-hydrogen) atoms. The van der Waals surface area contributed by atoms with Crippen LogP contribution in [-0.2, 0) is 14.3 Å². The molecule has 2 heterocycles. The van der Waals surface area contributed by atoms with Gasteiger partial charge in [0.05, 0.1) is 40.5 Å². The van der Waals surface area contributed by atoms with Crippen LogP contribution >= 0.6 is 0 Å². The maximum atomic E-state index is 13.2. The number of aliphatic hydroxyl groups excluding tert-OH is 1. The Bertz CT molecular complexity index is 1060.